The van der Waals surface area contributed by atoms with Gasteiger partial charge in [0.1, 0.15) is 0 Å². The molecule has 0 aliphatic carbocycles. The Kier molecular flexibility index (Phi) is 5.14. The molecular weight excluding hydrogens is 256 g/mol. The molecule has 2 saturated heterocycles. The van der Waals surface area contributed by atoms with Gasteiger partial charge in [0.15, 0.2) is 0 Å². The molecule has 4 nitrogen and oxygen atoms in total. The Balaban J connectivity index is 1.79. The zero-order valence-electron chi connectivity index (χ0n) is 10.3. The Morgan fingerprint density at radius 2 is 1.59 bits per heavy atom. The number of thioether (sulfide) groups is 1. The molecule has 0 unspecified atom stereocenters. The quantitative estimate of drug-likeness (QED) is 0.764. The molecule has 0 spiro atoms. The molecule has 2 aliphatic rings. The van der Waals surface area contributed by atoms with E-state index in [1.807, 2.05) is 11.8 Å². The first-order valence-corrected chi connectivity index (χ1v) is 9.23. The van der Waals surface area contributed by atoms with Gasteiger partial charge in [-0.05, 0) is 12.8 Å². The first-order valence-electron chi connectivity index (χ1n) is 6.46. The van der Waals surface area contributed by atoms with Crippen molar-refractivity contribution in [2.75, 3.05) is 50.0 Å². The summed E-state index contributed by atoms with van der Waals surface area (Å²) in [6.45, 7) is 4.26. The average Bonchev–Trinajstić information content (AvgIpc) is 2.39. The molecule has 0 saturated carbocycles. The van der Waals surface area contributed by atoms with Crippen LogP contribution in [0, 0.1) is 0 Å². The van der Waals surface area contributed by atoms with Crippen molar-refractivity contribution in [3.8, 4) is 0 Å². The Morgan fingerprint density at radius 3 is 2.24 bits per heavy atom. The van der Waals surface area contributed by atoms with E-state index < -0.39 is 10.0 Å². The monoisotopic (exact) mass is 278 g/mol. The van der Waals surface area contributed by atoms with Crippen molar-refractivity contribution in [1.29, 1.82) is 0 Å². The number of hydrogen-bond donors (Lipinski definition) is 0. The second-order valence-electron chi connectivity index (χ2n) is 4.73. The van der Waals surface area contributed by atoms with E-state index >= 15 is 0 Å². The van der Waals surface area contributed by atoms with Gasteiger partial charge in [0.05, 0.1) is 5.75 Å². The molecule has 2 rings (SSSR count). The molecule has 6 heteroatoms. The molecule has 0 bridgehead atoms. The Morgan fingerprint density at radius 1 is 0.941 bits per heavy atom. The highest BCUT2D eigenvalue weighted by molar-refractivity contribution is 7.99. The second-order valence-corrected chi connectivity index (χ2v) is 8.04. The molecule has 0 amide bonds. The van der Waals surface area contributed by atoms with E-state index in [2.05, 4.69) is 4.90 Å². The number of piperidine rings is 1. The summed E-state index contributed by atoms with van der Waals surface area (Å²) < 4.78 is 25.9. The summed E-state index contributed by atoms with van der Waals surface area (Å²) in [5, 5.41) is 0. The Labute approximate surface area is 109 Å². The molecule has 100 valence electrons. The normalized spacial score (nSPS) is 24.9. The molecule has 0 aromatic heterocycles. The van der Waals surface area contributed by atoms with Gasteiger partial charge in [-0.25, -0.2) is 12.7 Å². The summed E-state index contributed by atoms with van der Waals surface area (Å²) >= 11 is 1.96. The lowest BCUT2D eigenvalue weighted by Gasteiger charge is -2.29. The van der Waals surface area contributed by atoms with Gasteiger partial charge in [0, 0.05) is 44.2 Å². The van der Waals surface area contributed by atoms with Gasteiger partial charge in [-0.2, -0.15) is 11.8 Å². The van der Waals surface area contributed by atoms with Crippen molar-refractivity contribution in [2.45, 2.75) is 19.3 Å². The van der Waals surface area contributed by atoms with Gasteiger partial charge < -0.3 is 4.90 Å². The highest BCUT2D eigenvalue weighted by atomic mass is 32.2. The fourth-order valence-corrected chi connectivity index (χ4v) is 4.88. The number of sulfonamides is 1. The lowest BCUT2D eigenvalue weighted by atomic mass is 10.2. The summed E-state index contributed by atoms with van der Waals surface area (Å²) in [6, 6.07) is 0. The van der Waals surface area contributed by atoms with Gasteiger partial charge in [-0.15, -0.1) is 0 Å². The minimum atomic E-state index is -3.00. The SMILES string of the molecule is O=S(=O)(CCN1CCSCC1)N1CCCCC1. The third kappa shape index (κ3) is 4.12. The summed E-state index contributed by atoms with van der Waals surface area (Å²) in [6.07, 6.45) is 3.23. The Bertz CT molecular complexity index is 320. The number of hydrogen-bond acceptors (Lipinski definition) is 4. The highest BCUT2D eigenvalue weighted by Gasteiger charge is 2.24. The predicted molar refractivity (Wildman–Crippen MR) is 73.0 cm³/mol. The molecular formula is C11H22N2O2S2. The molecule has 2 aliphatic heterocycles. The molecule has 17 heavy (non-hydrogen) atoms. The third-order valence-electron chi connectivity index (χ3n) is 3.48. The maximum absolute atomic E-state index is 12.1. The lowest BCUT2D eigenvalue weighted by Crippen LogP contribution is -2.42. The van der Waals surface area contributed by atoms with Crippen LogP contribution in [0.4, 0.5) is 0 Å². The molecule has 0 radical (unpaired) electrons. The van der Waals surface area contributed by atoms with Crippen LogP contribution in [-0.4, -0.2) is 67.6 Å². The van der Waals surface area contributed by atoms with Crippen molar-refractivity contribution >= 4 is 21.8 Å². The topological polar surface area (TPSA) is 40.6 Å². The van der Waals surface area contributed by atoms with Gasteiger partial charge in [0.25, 0.3) is 0 Å². The zero-order valence-corrected chi connectivity index (χ0v) is 11.9. The number of rotatable bonds is 4. The maximum Gasteiger partial charge on any atom is 0.215 e. The first kappa shape index (κ1) is 13.6. The van der Waals surface area contributed by atoms with Crippen LogP contribution in [0.3, 0.4) is 0 Å². The Hall–Kier alpha value is 0.220. The average molecular weight is 278 g/mol. The first-order chi connectivity index (χ1) is 8.18. The van der Waals surface area contributed by atoms with Crippen molar-refractivity contribution < 1.29 is 8.42 Å². The predicted octanol–water partition coefficient (Wildman–Crippen LogP) is 0.851. The van der Waals surface area contributed by atoms with Crippen molar-refractivity contribution in [3.63, 3.8) is 0 Å². The van der Waals surface area contributed by atoms with Crippen molar-refractivity contribution in [1.82, 2.24) is 9.21 Å². The van der Waals surface area contributed by atoms with Gasteiger partial charge in [0.2, 0.25) is 10.0 Å². The minimum absolute atomic E-state index is 0.303. The molecule has 2 fully saturated rings. The largest absolute Gasteiger partial charge is 0.301 e. The molecule has 2 heterocycles. The van der Waals surface area contributed by atoms with E-state index in [1.54, 1.807) is 4.31 Å². The molecule has 0 aromatic carbocycles. The van der Waals surface area contributed by atoms with Crippen LogP contribution >= 0.6 is 11.8 Å². The van der Waals surface area contributed by atoms with Gasteiger partial charge >= 0.3 is 0 Å². The van der Waals surface area contributed by atoms with E-state index in [1.165, 1.54) is 6.42 Å². The summed E-state index contributed by atoms with van der Waals surface area (Å²) in [5.41, 5.74) is 0. The molecule has 0 N–H and O–H groups in total. The fourth-order valence-electron chi connectivity index (χ4n) is 2.34. The van der Waals surface area contributed by atoms with Crippen LogP contribution < -0.4 is 0 Å². The van der Waals surface area contributed by atoms with E-state index in [9.17, 15) is 8.42 Å². The minimum Gasteiger partial charge on any atom is -0.301 e. The van der Waals surface area contributed by atoms with Crippen LogP contribution in [0.1, 0.15) is 19.3 Å². The zero-order chi connectivity index (χ0) is 12.1. The standard InChI is InChI=1S/C11H22N2O2S2/c14-17(15,13-4-2-1-3-5-13)11-8-12-6-9-16-10-7-12/h1-11H2. The van der Waals surface area contributed by atoms with Crippen LogP contribution in [0.15, 0.2) is 0 Å². The van der Waals surface area contributed by atoms with E-state index in [-0.39, 0.29) is 0 Å². The van der Waals surface area contributed by atoms with Crippen molar-refractivity contribution in [3.05, 3.63) is 0 Å². The second kappa shape index (κ2) is 6.41. The number of nitrogens with zero attached hydrogens (tertiary/aromatic N) is 2. The lowest BCUT2D eigenvalue weighted by molar-refractivity contribution is 0.310. The van der Waals surface area contributed by atoms with Gasteiger partial charge in [-0.3, -0.25) is 0 Å². The third-order valence-corrected chi connectivity index (χ3v) is 6.27. The smallest absolute Gasteiger partial charge is 0.215 e. The van der Waals surface area contributed by atoms with Crippen LogP contribution in [0.25, 0.3) is 0 Å². The van der Waals surface area contributed by atoms with Crippen LogP contribution in [0.2, 0.25) is 0 Å². The van der Waals surface area contributed by atoms with Gasteiger partial charge in [-0.1, -0.05) is 6.42 Å². The summed E-state index contributed by atoms with van der Waals surface area (Å²) in [7, 11) is -3.00. The van der Waals surface area contributed by atoms with Crippen molar-refractivity contribution in [2.24, 2.45) is 0 Å². The fraction of sp³-hybridized carbons (Fsp3) is 1.00. The summed E-state index contributed by atoms with van der Waals surface area (Å²) in [5.74, 6) is 2.59. The van der Waals surface area contributed by atoms with Crippen LogP contribution in [0.5, 0.6) is 0 Å². The molecule has 0 atom stereocenters. The molecule has 0 aromatic rings. The summed E-state index contributed by atoms with van der Waals surface area (Å²) in [4.78, 5) is 2.28. The van der Waals surface area contributed by atoms with E-state index in [0.717, 1.165) is 50.5 Å². The van der Waals surface area contributed by atoms with E-state index in [4.69, 9.17) is 0 Å². The van der Waals surface area contributed by atoms with E-state index in [0.29, 0.717) is 12.3 Å². The van der Waals surface area contributed by atoms with Crippen LogP contribution in [-0.2, 0) is 10.0 Å². The highest BCUT2D eigenvalue weighted by Crippen LogP contribution is 2.14. The maximum atomic E-state index is 12.1.